The first-order valence-electron chi connectivity index (χ1n) is 7.86. The number of hydrogen-bond acceptors (Lipinski definition) is 3. The average molecular weight is 356 g/mol. The lowest BCUT2D eigenvalue weighted by atomic mass is 10.1. The summed E-state index contributed by atoms with van der Waals surface area (Å²) in [6.07, 6.45) is 0. The molecule has 1 amide bonds. The van der Waals surface area contributed by atoms with E-state index in [1.807, 2.05) is 38.1 Å². The standard InChI is InChI=1S/C20H18ClNO3/c1-12-3-7-16(17(21)9-12)20(24)22-18-10-14(5-4-13(18)2)19-8-6-15(11-23)25-19/h3-10,23H,11H2,1-2H3,(H,22,24). The highest BCUT2D eigenvalue weighted by Crippen LogP contribution is 2.28. The third kappa shape index (κ3) is 3.76. The molecule has 3 aromatic rings. The second kappa shape index (κ2) is 7.13. The first-order chi connectivity index (χ1) is 12.0. The minimum atomic E-state index is -0.263. The summed E-state index contributed by atoms with van der Waals surface area (Å²) in [5, 5.41) is 12.4. The molecular formula is C20H18ClNO3. The number of aliphatic hydroxyl groups is 1. The Hall–Kier alpha value is -2.56. The Morgan fingerprint density at radius 3 is 2.60 bits per heavy atom. The number of carbonyl (C=O) groups excluding carboxylic acids is 1. The number of carbonyl (C=O) groups is 1. The molecule has 0 aliphatic rings. The Morgan fingerprint density at radius 2 is 1.92 bits per heavy atom. The predicted molar refractivity (Wildman–Crippen MR) is 98.9 cm³/mol. The van der Waals surface area contributed by atoms with Gasteiger partial charge >= 0.3 is 0 Å². The summed E-state index contributed by atoms with van der Waals surface area (Å²) in [5.41, 5.74) is 3.85. The highest BCUT2D eigenvalue weighted by atomic mass is 35.5. The van der Waals surface area contributed by atoms with Crippen molar-refractivity contribution in [3.8, 4) is 11.3 Å². The Bertz CT molecular complexity index is 930. The van der Waals surface area contributed by atoms with Gasteiger partial charge in [-0.25, -0.2) is 0 Å². The van der Waals surface area contributed by atoms with Crippen molar-refractivity contribution in [3.05, 3.63) is 76.0 Å². The molecule has 25 heavy (non-hydrogen) atoms. The molecule has 2 aromatic carbocycles. The molecule has 128 valence electrons. The van der Waals surface area contributed by atoms with Crippen LogP contribution in [0, 0.1) is 13.8 Å². The number of nitrogens with one attached hydrogen (secondary N) is 1. The first kappa shape index (κ1) is 17.3. The summed E-state index contributed by atoms with van der Waals surface area (Å²) in [4.78, 5) is 12.5. The van der Waals surface area contributed by atoms with Gasteiger partial charge in [-0.15, -0.1) is 0 Å². The number of furan rings is 1. The van der Waals surface area contributed by atoms with Crippen molar-refractivity contribution in [2.24, 2.45) is 0 Å². The predicted octanol–water partition coefficient (Wildman–Crippen LogP) is 4.96. The second-order valence-electron chi connectivity index (χ2n) is 5.89. The summed E-state index contributed by atoms with van der Waals surface area (Å²) in [6.45, 7) is 3.68. The Kier molecular flexibility index (Phi) is 4.93. The van der Waals surface area contributed by atoms with E-state index in [4.69, 9.17) is 21.1 Å². The molecule has 1 heterocycles. The fraction of sp³-hybridized carbons (Fsp3) is 0.150. The van der Waals surface area contributed by atoms with Gasteiger partial charge in [0.1, 0.15) is 18.1 Å². The zero-order valence-electron chi connectivity index (χ0n) is 14.0. The summed E-state index contributed by atoms with van der Waals surface area (Å²) in [7, 11) is 0. The van der Waals surface area contributed by atoms with E-state index in [1.54, 1.807) is 24.3 Å². The largest absolute Gasteiger partial charge is 0.459 e. The molecule has 0 bridgehead atoms. The normalized spacial score (nSPS) is 10.7. The molecule has 0 radical (unpaired) electrons. The zero-order valence-corrected chi connectivity index (χ0v) is 14.7. The van der Waals surface area contributed by atoms with Gasteiger partial charge in [-0.05, 0) is 55.3 Å². The summed E-state index contributed by atoms with van der Waals surface area (Å²) >= 11 is 6.18. The SMILES string of the molecule is Cc1ccc(C(=O)Nc2cc(-c3ccc(CO)o3)ccc2C)c(Cl)c1. The highest BCUT2D eigenvalue weighted by Gasteiger charge is 2.13. The number of anilines is 1. The number of aryl methyl sites for hydroxylation is 2. The van der Waals surface area contributed by atoms with Crippen molar-refractivity contribution in [1.82, 2.24) is 0 Å². The quantitative estimate of drug-likeness (QED) is 0.695. The van der Waals surface area contributed by atoms with E-state index >= 15 is 0 Å². The molecule has 2 N–H and O–H groups in total. The van der Waals surface area contributed by atoms with Crippen LogP contribution in [0.25, 0.3) is 11.3 Å². The second-order valence-corrected chi connectivity index (χ2v) is 6.30. The highest BCUT2D eigenvalue weighted by molar-refractivity contribution is 6.34. The maximum absolute atomic E-state index is 12.5. The first-order valence-corrected chi connectivity index (χ1v) is 8.24. The molecular weight excluding hydrogens is 338 g/mol. The minimum Gasteiger partial charge on any atom is -0.459 e. The van der Waals surface area contributed by atoms with Gasteiger partial charge in [0.25, 0.3) is 5.91 Å². The fourth-order valence-corrected chi connectivity index (χ4v) is 2.84. The molecule has 0 aliphatic carbocycles. The molecule has 4 nitrogen and oxygen atoms in total. The van der Waals surface area contributed by atoms with Crippen molar-refractivity contribution in [2.45, 2.75) is 20.5 Å². The number of aliphatic hydroxyl groups excluding tert-OH is 1. The van der Waals surface area contributed by atoms with Crippen molar-refractivity contribution >= 4 is 23.2 Å². The third-order valence-electron chi connectivity index (χ3n) is 3.96. The molecule has 3 rings (SSSR count). The number of hydrogen-bond donors (Lipinski definition) is 2. The molecule has 0 atom stereocenters. The lowest BCUT2D eigenvalue weighted by molar-refractivity contribution is 0.102. The Morgan fingerprint density at radius 1 is 1.12 bits per heavy atom. The van der Waals surface area contributed by atoms with Gasteiger partial charge < -0.3 is 14.8 Å². The average Bonchev–Trinajstić information content (AvgIpc) is 3.06. The van der Waals surface area contributed by atoms with Gasteiger partial charge in [0.2, 0.25) is 0 Å². The van der Waals surface area contributed by atoms with E-state index in [1.165, 1.54) is 0 Å². The van der Waals surface area contributed by atoms with Crippen LogP contribution in [0.1, 0.15) is 27.2 Å². The Labute approximate surface area is 151 Å². The molecule has 0 saturated heterocycles. The summed E-state index contributed by atoms with van der Waals surface area (Å²) < 4.78 is 5.55. The van der Waals surface area contributed by atoms with Crippen molar-refractivity contribution in [2.75, 3.05) is 5.32 Å². The van der Waals surface area contributed by atoms with E-state index in [2.05, 4.69) is 5.32 Å². The van der Waals surface area contributed by atoms with Crippen LogP contribution >= 0.6 is 11.6 Å². The maximum atomic E-state index is 12.5. The van der Waals surface area contributed by atoms with Gasteiger partial charge in [0, 0.05) is 11.3 Å². The maximum Gasteiger partial charge on any atom is 0.257 e. The summed E-state index contributed by atoms with van der Waals surface area (Å²) in [5.74, 6) is 0.862. The van der Waals surface area contributed by atoms with E-state index in [9.17, 15) is 4.79 Å². The Balaban J connectivity index is 1.89. The van der Waals surface area contributed by atoms with Gasteiger partial charge in [-0.1, -0.05) is 29.8 Å². The molecule has 1 aromatic heterocycles. The minimum absolute atomic E-state index is 0.151. The lowest BCUT2D eigenvalue weighted by Gasteiger charge is -2.11. The summed E-state index contributed by atoms with van der Waals surface area (Å²) in [6, 6.07) is 14.5. The fourth-order valence-electron chi connectivity index (χ4n) is 2.52. The molecule has 0 aliphatic heterocycles. The third-order valence-corrected chi connectivity index (χ3v) is 4.27. The van der Waals surface area contributed by atoms with Crippen LogP contribution in [0.4, 0.5) is 5.69 Å². The van der Waals surface area contributed by atoms with Gasteiger partial charge in [-0.3, -0.25) is 4.79 Å². The number of halogens is 1. The van der Waals surface area contributed by atoms with Crippen LogP contribution in [0.2, 0.25) is 5.02 Å². The van der Waals surface area contributed by atoms with Crippen LogP contribution in [0.5, 0.6) is 0 Å². The van der Waals surface area contributed by atoms with Crippen molar-refractivity contribution < 1.29 is 14.3 Å². The van der Waals surface area contributed by atoms with Gasteiger partial charge in [0.05, 0.1) is 10.6 Å². The van der Waals surface area contributed by atoms with Crippen molar-refractivity contribution in [3.63, 3.8) is 0 Å². The van der Waals surface area contributed by atoms with Crippen LogP contribution in [-0.4, -0.2) is 11.0 Å². The van der Waals surface area contributed by atoms with Crippen LogP contribution in [0.3, 0.4) is 0 Å². The molecule has 5 heteroatoms. The monoisotopic (exact) mass is 355 g/mol. The molecule has 0 unspecified atom stereocenters. The number of rotatable bonds is 4. The smallest absolute Gasteiger partial charge is 0.257 e. The van der Waals surface area contributed by atoms with Gasteiger partial charge in [-0.2, -0.15) is 0 Å². The van der Waals surface area contributed by atoms with Crippen molar-refractivity contribution in [1.29, 1.82) is 0 Å². The lowest BCUT2D eigenvalue weighted by Crippen LogP contribution is -2.13. The zero-order chi connectivity index (χ0) is 18.0. The number of benzene rings is 2. The molecule has 0 saturated carbocycles. The van der Waals surface area contributed by atoms with Gasteiger partial charge in [0.15, 0.2) is 0 Å². The van der Waals surface area contributed by atoms with Crippen LogP contribution < -0.4 is 5.32 Å². The van der Waals surface area contributed by atoms with E-state index in [-0.39, 0.29) is 12.5 Å². The van der Waals surface area contributed by atoms with Crippen LogP contribution in [0.15, 0.2) is 52.9 Å². The van der Waals surface area contributed by atoms with E-state index in [0.717, 1.165) is 16.7 Å². The van der Waals surface area contributed by atoms with E-state index in [0.29, 0.717) is 27.8 Å². The van der Waals surface area contributed by atoms with E-state index < -0.39 is 0 Å². The molecule has 0 fully saturated rings. The van der Waals surface area contributed by atoms with Crippen LogP contribution in [-0.2, 0) is 6.61 Å². The molecule has 0 spiro atoms. The number of amides is 1. The topological polar surface area (TPSA) is 62.5 Å².